The van der Waals surface area contributed by atoms with Gasteiger partial charge in [0.25, 0.3) is 0 Å². The van der Waals surface area contributed by atoms with Gasteiger partial charge < -0.3 is 10.2 Å². The van der Waals surface area contributed by atoms with Crippen molar-refractivity contribution in [2.75, 3.05) is 17.1 Å². The van der Waals surface area contributed by atoms with Crippen molar-refractivity contribution in [3.8, 4) is 0 Å². The summed E-state index contributed by atoms with van der Waals surface area (Å²) in [5.41, 5.74) is 4.97. The van der Waals surface area contributed by atoms with E-state index in [0.717, 1.165) is 27.8 Å². The Bertz CT molecular complexity index is 1480. The molecule has 2 amide bonds. The summed E-state index contributed by atoms with van der Waals surface area (Å²) in [5, 5.41) is 3.08. The number of benzene rings is 3. The molecule has 3 aromatic rings. The summed E-state index contributed by atoms with van der Waals surface area (Å²) < 4.78 is 27.0. The first kappa shape index (κ1) is 32.9. The first-order chi connectivity index (χ1) is 19.7. The van der Waals surface area contributed by atoms with Crippen molar-refractivity contribution in [3.05, 3.63) is 101 Å². The third kappa shape index (κ3) is 9.44. The van der Waals surface area contributed by atoms with Crippen molar-refractivity contribution in [3.63, 3.8) is 0 Å². The van der Waals surface area contributed by atoms with Crippen LogP contribution >= 0.6 is 0 Å². The Morgan fingerprint density at radius 2 is 1.52 bits per heavy atom. The number of carbonyl (C=O) groups excluding carboxylic acids is 2. The van der Waals surface area contributed by atoms with Crippen LogP contribution in [0, 0.1) is 20.8 Å². The number of hydrogen-bond acceptors (Lipinski definition) is 4. The zero-order valence-electron chi connectivity index (χ0n) is 26.0. The number of anilines is 1. The normalized spacial score (nSPS) is 12.5. The van der Waals surface area contributed by atoms with Gasteiger partial charge in [0, 0.05) is 31.5 Å². The highest BCUT2D eigenvalue weighted by Crippen LogP contribution is 2.26. The maximum Gasteiger partial charge on any atom is 0.243 e. The van der Waals surface area contributed by atoms with Crippen molar-refractivity contribution >= 4 is 27.5 Å². The van der Waals surface area contributed by atoms with Crippen LogP contribution in [0.5, 0.6) is 0 Å². The van der Waals surface area contributed by atoms with Gasteiger partial charge >= 0.3 is 0 Å². The fourth-order valence-electron chi connectivity index (χ4n) is 5.00. The summed E-state index contributed by atoms with van der Waals surface area (Å²) in [7, 11) is -3.58. The first-order valence-electron chi connectivity index (χ1n) is 14.4. The molecule has 1 N–H and O–H groups in total. The fourth-order valence-corrected chi connectivity index (χ4v) is 6.02. The van der Waals surface area contributed by atoms with Crippen LogP contribution in [0.15, 0.2) is 72.8 Å². The molecule has 0 spiro atoms. The molecule has 8 heteroatoms. The average Bonchev–Trinajstić information content (AvgIpc) is 2.89. The van der Waals surface area contributed by atoms with E-state index in [1.54, 1.807) is 11.0 Å². The van der Waals surface area contributed by atoms with Crippen LogP contribution in [0.4, 0.5) is 5.69 Å². The van der Waals surface area contributed by atoms with E-state index in [9.17, 15) is 18.0 Å². The van der Waals surface area contributed by atoms with Crippen molar-refractivity contribution < 1.29 is 18.0 Å². The topological polar surface area (TPSA) is 86.8 Å². The zero-order valence-corrected chi connectivity index (χ0v) is 26.8. The molecule has 0 saturated heterocycles. The monoisotopic (exact) mass is 591 g/mol. The predicted molar refractivity (Wildman–Crippen MR) is 171 cm³/mol. The molecule has 226 valence electrons. The Labute approximate surface area is 252 Å². The van der Waals surface area contributed by atoms with Gasteiger partial charge in [0.15, 0.2) is 0 Å². The minimum Gasteiger partial charge on any atom is -0.350 e. The molecule has 0 aromatic heterocycles. The first-order valence-corrected chi connectivity index (χ1v) is 16.3. The second-order valence-corrected chi connectivity index (χ2v) is 14.0. The summed E-state index contributed by atoms with van der Waals surface area (Å²) in [6.07, 6.45) is 1.95. The SMILES string of the molecule is Cc1cccc(CN(C(=O)CCCN(c2cccc(C)c2C)S(C)(=O)=O)[C@H](Cc2ccccc2)C(=O)NC(C)(C)C)c1. The van der Waals surface area contributed by atoms with Crippen molar-refractivity contribution in [1.82, 2.24) is 10.2 Å². The molecule has 0 heterocycles. The number of rotatable bonds is 12. The van der Waals surface area contributed by atoms with Gasteiger partial charge in [-0.05, 0) is 76.3 Å². The van der Waals surface area contributed by atoms with Gasteiger partial charge in [0.05, 0.1) is 11.9 Å². The molecule has 0 aliphatic carbocycles. The van der Waals surface area contributed by atoms with E-state index < -0.39 is 21.6 Å². The summed E-state index contributed by atoms with van der Waals surface area (Å²) in [4.78, 5) is 29.4. The summed E-state index contributed by atoms with van der Waals surface area (Å²) in [6.45, 7) is 12.0. The standard InChI is InChI=1S/C34H45N3O4S/c1-25-14-11-18-29(22-25)24-36(31(33(39)35-34(4,5)6)23-28-16-9-8-10-17-28)32(38)20-13-21-37(42(7,40)41)30-19-12-15-26(2)27(30)3/h8-12,14-19,22,31H,13,20-21,23-24H2,1-7H3,(H,35,39)/t31-/m1/s1. The highest BCUT2D eigenvalue weighted by molar-refractivity contribution is 7.92. The second kappa shape index (κ2) is 14.0. The Morgan fingerprint density at radius 1 is 0.881 bits per heavy atom. The highest BCUT2D eigenvalue weighted by atomic mass is 32.2. The Balaban J connectivity index is 1.92. The van der Waals surface area contributed by atoms with Crippen LogP contribution in [0.3, 0.4) is 0 Å². The number of aryl methyl sites for hydroxylation is 2. The van der Waals surface area contributed by atoms with Gasteiger partial charge in [0.1, 0.15) is 6.04 Å². The number of nitrogens with one attached hydrogen (secondary N) is 1. The molecule has 0 bridgehead atoms. The number of nitrogens with zero attached hydrogens (tertiary/aromatic N) is 2. The summed E-state index contributed by atoms with van der Waals surface area (Å²) in [6, 6.07) is 22.4. The molecule has 0 aliphatic heterocycles. The molecule has 42 heavy (non-hydrogen) atoms. The number of amides is 2. The van der Waals surface area contributed by atoms with Crippen molar-refractivity contribution in [2.45, 2.75) is 78.9 Å². The van der Waals surface area contributed by atoms with E-state index in [1.165, 1.54) is 10.6 Å². The van der Waals surface area contributed by atoms with Gasteiger partial charge in [-0.2, -0.15) is 0 Å². The maximum atomic E-state index is 14.0. The Hall–Kier alpha value is -3.65. The molecule has 0 saturated carbocycles. The van der Waals surface area contributed by atoms with Crippen LogP contribution in [0.25, 0.3) is 0 Å². The third-order valence-electron chi connectivity index (χ3n) is 7.20. The molecule has 0 unspecified atom stereocenters. The van der Waals surface area contributed by atoms with Crippen LogP contribution in [0.2, 0.25) is 0 Å². The number of sulfonamides is 1. The van der Waals surface area contributed by atoms with Gasteiger partial charge in [-0.3, -0.25) is 13.9 Å². The summed E-state index contributed by atoms with van der Waals surface area (Å²) in [5.74, 6) is -0.420. The molecule has 3 aromatic carbocycles. The molecular formula is C34H45N3O4S. The van der Waals surface area contributed by atoms with Gasteiger partial charge in [0.2, 0.25) is 21.8 Å². The van der Waals surface area contributed by atoms with Crippen molar-refractivity contribution in [1.29, 1.82) is 0 Å². The second-order valence-electron chi connectivity index (χ2n) is 12.1. The smallest absolute Gasteiger partial charge is 0.243 e. The van der Waals surface area contributed by atoms with Gasteiger partial charge in [-0.25, -0.2) is 8.42 Å². The maximum absolute atomic E-state index is 14.0. The lowest BCUT2D eigenvalue weighted by molar-refractivity contribution is -0.142. The average molecular weight is 592 g/mol. The van der Waals surface area contributed by atoms with E-state index >= 15 is 0 Å². The lowest BCUT2D eigenvalue weighted by atomic mass is 10.00. The van der Waals surface area contributed by atoms with Crippen molar-refractivity contribution in [2.24, 2.45) is 0 Å². The lowest BCUT2D eigenvalue weighted by Crippen LogP contribution is -2.54. The van der Waals surface area contributed by atoms with E-state index in [-0.39, 0.29) is 31.3 Å². The van der Waals surface area contributed by atoms with Crippen LogP contribution in [-0.4, -0.2) is 49.5 Å². The largest absolute Gasteiger partial charge is 0.350 e. The lowest BCUT2D eigenvalue weighted by Gasteiger charge is -2.34. The van der Waals surface area contributed by atoms with E-state index in [0.29, 0.717) is 18.5 Å². The van der Waals surface area contributed by atoms with Gasteiger partial charge in [-0.15, -0.1) is 0 Å². The highest BCUT2D eigenvalue weighted by Gasteiger charge is 2.32. The minimum atomic E-state index is -3.58. The summed E-state index contributed by atoms with van der Waals surface area (Å²) >= 11 is 0. The fraction of sp³-hybridized carbons (Fsp3) is 0.412. The molecule has 0 fully saturated rings. The molecule has 3 rings (SSSR count). The minimum absolute atomic E-state index is 0.0940. The molecule has 0 radical (unpaired) electrons. The Morgan fingerprint density at radius 3 is 2.14 bits per heavy atom. The number of hydrogen-bond donors (Lipinski definition) is 1. The number of carbonyl (C=O) groups is 2. The Kier molecular flexibility index (Phi) is 11.0. The predicted octanol–water partition coefficient (Wildman–Crippen LogP) is 5.71. The molecule has 1 atom stereocenters. The van der Waals surface area contributed by atoms with Gasteiger partial charge in [-0.1, -0.05) is 72.3 Å². The van der Waals surface area contributed by atoms with Crippen LogP contribution < -0.4 is 9.62 Å². The third-order valence-corrected chi connectivity index (χ3v) is 8.38. The van der Waals surface area contributed by atoms with E-state index in [2.05, 4.69) is 5.32 Å². The van der Waals surface area contributed by atoms with E-state index in [1.807, 2.05) is 108 Å². The zero-order chi connectivity index (χ0) is 31.1. The molecule has 7 nitrogen and oxygen atoms in total. The quantitative estimate of drug-likeness (QED) is 0.292. The molecule has 0 aliphatic rings. The van der Waals surface area contributed by atoms with Crippen LogP contribution in [0.1, 0.15) is 61.4 Å². The van der Waals surface area contributed by atoms with E-state index in [4.69, 9.17) is 0 Å². The molecular weight excluding hydrogens is 546 g/mol. The van der Waals surface area contributed by atoms with Crippen LogP contribution in [-0.2, 0) is 32.6 Å².